The van der Waals surface area contributed by atoms with Gasteiger partial charge in [0, 0.05) is 5.56 Å². The summed E-state index contributed by atoms with van der Waals surface area (Å²) in [5.41, 5.74) is 3.03. The van der Waals surface area contributed by atoms with Crippen molar-refractivity contribution in [2.75, 3.05) is 12.5 Å². The van der Waals surface area contributed by atoms with Crippen LogP contribution >= 0.6 is 0 Å². The van der Waals surface area contributed by atoms with Crippen LogP contribution in [0.15, 0.2) is 24.3 Å². The maximum atomic E-state index is 2.35. The molecule has 0 saturated carbocycles. The van der Waals surface area contributed by atoms with E-state index in [1.165, 1.54) is 120 Å². The Hall–Kier alpha value is -0.140. The quantitative estimate of drug-likeness (QED) is 0.215. The van der Waals surface area contributed by atoms with E-state index >= 15 is 0 Å². The number of benzene rings is 1. The van der Waals surface area contributed by atoms with Crippen LogP contribution in [-0.2, 0) is 23.1 Å². The SMILES string of the molecule is CCCCCCCCCCCCCCCCCc1ccc(C[S+](C)C)cc1.[Cl-]. The van der Waals surface area contributed by atoms with Crippen LogP contribution in [0.2, 0.25) is 0 Å². The summed E-state index contributed by atoms with van der Waals surface area (Å²) in [6.45, 7) is 2.30. The first-order valence-electron chi connectivity index (χ1n) is 11.8. The molecule has 2 heteroatoms. The molecule has 164 valence electrons. The second-order valence-corrected chi connectivity index (χ2v) is 10.9. The third-order valence-corrected chi connectivity index (χ3v) is 6.46. The minimum absolute atomic E-state index is 0. The van der Waals surface area contributed by atoms with Crippen molar-refractivity contribution in [2.24, 2.45) is 0 Å². The van der Waals surface area contributed by atoms with Crippen LogP contribution in [0.3, 0.4) is 0 Å². The molecular weight excluding hydrogens is 380 g/mol. The van der Waals surface area contributed by atoms with Gasteiger partial charge in [-0.25, -0.2) is 0 Å². The van der Waals surface area contributed by atoms with Crippen molar-refractivity contribution in [1.82, 2.24) is 0 Å². The summed E-state index contributed by atoms with van der Waals surface area (Å²) in [4.78, 5) is 0. The van der Waals surface area contributed by atoms with Crippen LogP contribution in [0.4, 0.5) is 0 Å². The Kier molecular flexibility index (Phi) is 20.0. The molecule has 0 radical (unpaired) electrons. The molecule has 0 aliphatic heterocycles. The number of halogens is 1. The smallest absolute Gasteiger partial charge is 0.132 e. The minimum atomic E-state index is 0. The highest BCUT2D eigenvalue weighted by Gasteiger charge is 2.04. The molecule has 0 amide bonds. The fourth-order valence-electron chi connectivity index (χ4n) is 3.84. The molecule has 0 spiro atoms. The molecule has 0 heterocycles. The van der Waals surface area contributed by atoms with E-state index in [9.17, 15) is 0 Å². The van der Waals surface area contributed by atoms with Crippen LogP contribution in [0.1, 0.15) is 114 Å². The zero-order valence-electron chi connectivity index (χ0n) is 19.1. The van der Waals surface area contributed by atoms with Crippen molar-refractivity contribution in [3.63, 3.8) is 0 Å². The second kappa shape index (κ2) is 20.1. The maximum Gasteiger partial charge on any atom is 0.132 e. The molecule has 1 aromatic carbocycles. The molecule has 0 N–H and O–H groups in total. The average molecular weight is 427 g/mol. The molecule has 1 aromatic rings. The van der Waals surface area contributed by atoms with Gasteiger partial charge in [0.15, 0.2) is 0 Å². The van der Waals surface area contributed by atoms with Gasteiger partial charge in [-0.2, -0.15) is 0 Å². The molecule has 0 aliphatic carbocycles. The van der Waals surface area contributed by atoms with Gasteiger partial charge in [0.1, 0.15) is 5.75 Å². The van der Waals surface area contributed by atoms with E-state index in [0.717, 1.165) is 0 Å². The highest BCUT2D eigenvalue weighted by molar-refractivity contribution is 7.94. The lowest BCUT2D eigenvalue weighted by molar-refractivity contribution is -0.00000602. The van der Waals surface area contributed by atoms with Crippen LogP contribution < -0.4 is 12.4 Å². The van der Waals surface area contributed by atoms with Crippen LogP contribution in [-0.4, -0.2) is 12.5 Å². The largest absolute Gasteiger partial charge is 1.00 e. The highest BCUT2D eigenvalue weighted by atomic mass is 35.5. The van der Waals surface area contributed by atoms with Gasteiger partial charge in [-0.1, -0.05) is 121 Å². The summed E-state index contributed by atoms with van der Waals surface area (Å²) in [5.74, 6) is 1.24. The Morgan fingerprint density at radius 2 is 0.893 bits per heavy atom. The molecular formula is C26H47ClS. The van der Waals surface area contributed by atoms with Crippen LogP contribution in [0.25, 0.3) is 0 Å². The maximum absolute atomic E-state index is 2.35. The topological polar surface area (TPSA) is 0 Å². The van der Waals surface area contributed by atoms with Gasteiger partial charge >= 0.3 is 0 Å². The van der Waals surface area contributed by atoms with Gasteiger partial charge in [0.05, 0.1) is 12.5 Å². The molecule has 0 saturated heterocycles. The molecule has 0 nitrogen and oxygen atoms in total. The Labute approximate surface area is 186 Å². The summed E-state index contributed by atoms with van der Waals surface area (Å²) in [6, 6.07) is 9.39. The van der Waals surface area contributed by atoms with Crippen molar-refractivity contribution in [2.45, 2.75) is 115 Å². The zero-order valence-corrected chi connectivity index (χ0v) is 20.7. The fourth-order valence-corrected chi connectivity index (χ4v) is 4.70. The van der Waals surface area contributed by atoms with E-state index in [4.69, 9.17) is 0 Å². The number of rotatable bonds is 18. The van der Waals surface area contributed by atoms with Crippen molar-refractivity contribution in [3.05, 3.63) is 35.4 Å². The predicted molar refractivity (Wildman–Crippen MR) is 128 cm³/mol. The van der Waals surface area contributed by atoms with Gasteiger partial charge in [-0.05, 0) is 29.3 Å². The standard InChI is InChI=1S/C26H47S.ClH/c1-4-5-6-7-8-9-10-11-12-13-14-15-16-17-18-19-25-20-22-26(23-21-25)24-27(2)3;/h20-23H,4-19,24H2,1-3H3;1H/q+1;/p-1. The molecule has 0 atom stereocenters. The lowest BCUT2D eigenvalue weighted by Gasteiger charge is -2.05. The van der Waals surface area contributed by atoms with Crippen LogP contribution in [0.5, 0.6) is 0 Å². The van der Waals surface area contributed by atoms with Gasteiger partial charge in [-0.3, -0.25) is 0 Å². The second-order valence-electron chi connectivity index (χ2n) is 8.65. The monoisotopic (exact) mass is 426 g/mol. The summed E-state index contributed by atoms with van der Waals surface area (Å²) in [7, 11) is 0.511. The summed E-state index contributed by atoms with van der Waals surface area (Å²) in [5, 5.41) is 0. The Morgan fingerprint density at radius 1 is 0.536 bits per heavy atom. The summed E-state index contributed by atoms with van der Waals surface area (Å²) >= 11 is 0. The third-order valence-electron chi connectivity index (χ3n) is 5.55. The number of hydrogen-bond donors (Lipinski definition) is 0. The van der Waals surface area contributed by atoms with Gasteiger partial charge < -0.3 is 12.4 Å². The summed E-state index contributed by atoms with van der Waals surface area (Å²) < 4.78 is 0. The average Bonchev–Trinajstić information content (AvgIpc) is 2.66. The number of hydrogen-bond acceptors (Lipinski definition) is 0. The van der Waals surface area contributed by atoms with E-state index in [2.05, 4.69) is 43.7 Å². The Balaban J connectivity index is 0.00000729. The molecule has 0 aliphatic rings. The minimum Gasteiger partial charge on any atom is -1.00 e. The normalized spacial score (nSPS) is 11.0. The van der Waals surface area contributed by atoms with Gasteiger partial charge in [0.25, 0.3) is 0 Å². The van der Waals surface area contributed by atoms with Gasteiger partial charge in [-0.15, -0.1) is 0 Å². The van der Waals surface area contributed by atoms with E-state index < -0.39 is 0 Å². The van der Waals surface area contributed by atoms with Gasteiger partial charge in [0.2, 0.25) is 0 Å². The van der Waals surface area contributed by atoms with Crippen molar-refractivity contribution in [3.8, 4) is 0 Å². The fraction of sp³-hybridized carbons (Fsp3) is 0.769. The van der Waals surface area contributed by atoms with Crippen LogP contribution in [0, 0.1) is 0 Å². The molecule has 0 unspecified atom stereocenters. The zero-order chi connectivity index (χ0) is 19.6. The van der Waals surface area contributed by atoms with E-state index in [1.54, 1.807) is 0 Å². The molecule has 0 aromatic heterocycles. The van der Waals surface area contributed by atoms with E-state index in [-0.39, 0.29) is 12.4 Å². The lowest BCUT2D eigenvalue weighted by Crippen LogP contribution is -3.00. The number of aryl methyl sites for hydroxylation is 1. The molecule has 0 bridgehead atoms. The lowest BCUT2D eigenvalue weighted by atomic mass is 10.0. The summed E-state index contributed by atoms with van der Waals surface area (Å²) in [6.07, 6.45) is 27.6. The Bertz CT molecular complexity index is 427. The van der Waals surface area contributed by atoms with Crippen molar-refractivity contribution >= 4 is 10.9 Å². The highest BCUT2D eigenvalue weighted by Crippen LogP contribution is 2.15. The molecule has 1 rings (SSSR count). The first-order valence-corrected chi connectivity index (χ1v) is 14.1. The molecule has 28 heavy (non-hydrogen) atoms. The molecule has 0 fully saturated rings. The first kappa shape index (κ1) is 27.9. The van der Waals surface area contributed by atoms with Crippen molar-refractivity contribution in [1.29, 1.82) is 0 Å². The van der Waals surface area contributed by atoms with Crippen molar-refractivity contribution < 1.29 is 12.4 Å². The van der Waals surface area contributed by atoms with E-state index in [1.807, 2.05) is 0 Å². The Morgan fingerprint density at radius 3 is 1.29 bits per heavy atom. The first-order chi connectivity index (χ1) is 13.2. The van der Waals surface area contributed by atoms with E-state index in [0.29, 0.717) is 10.9 Å². The predicted octanol–water partition coefficient (Wildman–Crippen LogP) is 5.48. The third kappa shape index (κ3) is 16.8. The number of unbranched alkanes of at least 4 members (excludes halogenated alkanes) is 14.